The number of rotatable bonds is 6. The molecule has 0 saturated carbocycles. The smallest absolute Gasteiger partial charge is 0.0433 e. The first-order valence-electron chi connectivity index (χ1n) is 4.66. The molecule has 0 spiro atoms. The molecular formula is C11H20O. The topological polar surface area (TPSA) is 20.2 Å². The molecule has 1 heteroatoms. The minimum Gasteiger partial charge on any atom is -0.396 e. The summed E-state index contributed by atoms with van der Waals surface area (Å²) < 4.78 is 0. The molecule has 0 aliphatic rings. The molecule has 1 nitrogen and oxygen atoms in total. The largest absolute Gasteiger partial charge is 0.396 e. The quantitative estimate of drug-likeness (QED) is 0.477. The summed E-state index contributed by atoms with van der Waals surface area (Å²) >= 11 is 0. The lowest BCUT2D eigenvalue weighted by molar-refractivity contribution is 0.289. The third-order valence-electron chi connectivity index (χ3n) is 1.58. The maximum atomic E-state index is 8.50. The van der Waals surface area contributed by atoms with Crippen molar-refractivity contribution in [3.63, 3.8) is 0 Å². The van der Waals surface area contributed by atoms with Gasteiger partial charge in [0.1, 0.15) is 0 Å². The summed E-state index contributed by atoms with van der Waals surface area (Å²) in [6.07, 6.45) is 10.7. The second-order valence-corrected chi connectivity index (χ2v) is 3.20. The molecule has 70 valence electrons. The fraction of sp³-hybridized carbons (Fsp3) is 0.636. The normalized spacial score (nSPS) is 10.6. The Balaban J connectivity index is 3.19. The molecule has 0 aromatic carbocycles. The summed E-state index contributed by atoms with van der Waals surface area (Å²) in [5.41, 5.74) is 1.39. The highest BCUT2D eigenvalue weighted by molar-refractivity contribution is 4.94. The predicted molar refractivity (Wildman–Crippen MR) is 54.1 cm³/mol. The van der Waals surface area contributed by atoms with Crippen LogP contribution in [0.4, 0.5) is 0 Å². The molecule has 1 N–H and O–H groups in total. The highest BCUT2D eigenvalue weighted by atomic mass is 16.2. The van der Waals surface area contributed by atoms with Crippen LogP contribution in [-0.2, 0) is 0 Å². The highest BCUT2D eigenvalue weighted by Gasteiger charge is 1.80. The Morgan fingerprint density at radius 2 is 1.75 bits per heavy atom. The number of aliphatic hydroxyl groups excluding tert-OH is 1. The van der Waals surface area contributed by atoms with Gasteiger partial charge < -0.3 is 5.11 Å². The van der Waals surface area contributed by atoms with Crippen LogP contribution >= 0.6 is 0 Å². The van der Waals surface area contributed by atoms with E-state index in [4.69, 9.17) is 5.11 Å². The molecule has 0 aliphatic carbocycles. The molecule has 0 aromatic heterocycles. The minimum atomic E-state index is 0.304. The SMILES string of the molecule is CC(C)=CCC/C=C/CCCO. The number of hydrogen-bond acceptors (Lipinski definition) is 1. The summed E-state index contributed by atoms with van der Waals surface area (Å²) in [4.78, 5) is 0. The van der Waals surface area contributed by atoms with Gasteiger partial charge >= 0.3 is 0 Å². The van der Waals surface area contributed by atoms with Crippen molar-refractivity contribution in [3.05, 3.63) is 23.8 Å². The molecule has 0 radical (unpaired) electrons. The maximum absolute atomic E-state index is 8.50. The molecule has 0 saturated heterocycles. The Morgan fingerprint density at radius 1 is 1.08 bits per heavy atom. The first-order valence-corrected chi connectivity index (χ1v) is 4.66. The minimum absolute atomic E-state index is 0.304. The van der Waals surface area contributed by atoms with Crippen molar-refractivity contribution in [1.82, 2.24) is 0 Å². The van der Waals surface area contributed by atoms with Crippen LogP contribution in [0.1, 0.15) is 39.5 Å². The van der Waals surface area contributed by atoms with E-state index in [2.05, 4.69) is 32.1 Å². The molecule has 12 heavy (non-hydrogen) atoms. The van der Waals surface area contributed by atoms with Gasteiger partial charge in [-0.1, -0.05) is 23.8 Å². The van der Waals surface area contributed by atoms with Crippen molar-refractivity contribution in [3.8, 4) is 0 Å². The van der Waals surface area contributed by atoms with E-state index in [1.165, 1.54) is 5.57 Å². The summed E-state index contributed by atoms with van der Waals surface area (Å²) in [6.45, 7) is 4.54. The lowest BCUT2D eigenvalue weighted by atomic mass is 10.2. The van der Waals surface area contributed by atoms with E-state index in [1.807, 2.05) is 0 Å². The molecule has 0 rings (SSSR count). The highest BCUT2D eigenvalue weighted by Crippen LogP contribution is 1.99. The van der Waals surface area contributed by atoms with Crippen molar-refractivity contribution in [2.75, 3.05) is 6.61 Å². The second kappa shape index (κ2) is 8.54. The van der Waals surface area contributed by atoms with E-state index >= 15 is 0 Å². The zero-order valence-corrected chi connectivity index (χ0v) is 8.21. The Labute approximate surface area is 75.8 Å². The third kappa shape index (κ3) is 9.44. The molecule has 0 aliphatic heterocycles. The Morgan fingerprint density at radius 3 is 2.33 bits per heavy atom. The summed E-state index contributed by atoms with van der Waals surface area (Å²) in [6, 6.07) is 0. The van der Waals surface area contributed by atoms with Gasteiger partial charge in [0.25, 0.3) is 0 Å². The predicted octanol–water partition coefficient (Wildman–Crippen LogP) is 3.06. The molecular weight excluding hydrogens is 148 g/mol. The third-order valence-corrected chi connectivity index (χ3v) is 1.58. The number of allylic oxidation sites excluding steroid dienone is 4. The molecule has 0 fully saturated rings. The van der Waals surface area contributed by atoms with Gasteiger partial charge in [0.2, 0.25) is 0 Å². The molecule has 0 unspecified atom stereocenters. The van der Waals surface area contributed by atoms with Crippen molar-refractivity contribution < 1.29 is 5.11 Å². The standard InChI is InChI=1S/C11H20O/c1-11(2)9-7-5-3-4-6-8-10-12/h3-4,9,12H,5-8,10H2,1-2H3/b4-3+. The van der Waals surface area contributed by atoms with Crippen LogP contribution in [-0.4, -0.2) is 11.7 Å². The first kappa shape index (κ1) is 11.4. The van der Waals surface area contributed by atoms with Crippen LogP contribution in [0.5, 0.6) is 0 Å². The first-order chi connectivity index (χ1) is 5.77. The summed E-state index contributed by atoms with van der Waals surface area (Å²) in [7, 11) is 0. The summed E-state index contributed by atoms with van der Waals surface area (Å²) in [5.74, 6) is 0. The van der Waals surface area contributed by atoms with E-state index < -0.39 is 0 Å². The van der Waals surface area contributed by atoms with Crippen molar-refractivity contribution >= 4 is 0 Å². The summed E-state index contributed by atoms with van der Waals surface area (Å²) in [5, 5.41) is 8.50. The Bertz CT molecular complexity index is 141. The zero-order valence-electron chi connectivity index (χ0n) is 8.21. The van der Waals surface area contributed by atoms with Crippen LogP contribution < -0.4 is 0 Å². The lowest BCUT2D eigenvalue weighted by Gasteiger charge is -1.90. The Kier molecular flexibility index (Phi) is 8.14. The zero-order chi connectivity index (χ0) is 9.23. The van der Waals surface area contributed by atoms with Crippen LogP contribution in [0.3, 0.4) is 0 Å². The van der Waals surface area contributed by atoms with Crippen molar-refractivity contribution in [2.45, 2.75) is 39.5 Å². The molecule has 0 aromatic rings. The van der Waals surface area contributed by atoms with E-state index in [0.717, 1.165) is 25.7 Å². The van der Waals surface area contributed by atoms with Gasteiger partial charge in [0, 0.05) is 6.61 Å². The molecule has 0 amide bonds. The molecule has 0 atom stereocenters. The fourth-order valence-corrected chi connectivity index (χ4v) is 0.913. The fourth-order valence-electron chi connectivity index (χ4n) is 0.913. The van der Waals surface area contributed by atoms with Gasteiger partial charge in [-0.05, 0) is 39.5 Å². The Hall–Kier alpha value is -0.560. The van der Waals surface area contributed by atoms with E-state index in [-0.39, 0.29) is 0 Å². The second-order valence-electron chi connectivity index (χ2n) is 3.20. The molecule has 0 heterocycles. The van der Waals surface area contributed by atoms with E-state index in [1.54, 1.807) is 0 Å². The number of unbranched alkanes of at least 4 members (excludes halogenated alkanes) is 2. The number of aliphatic hydroxyl groups is 1. The van der Waals surface area contributed by atoms with Crippen molar-refractivity contribution in [1.29, 1.82) is 0 Å². The van der Waals surface area contributed by atoms with Gasteiger partial charge in [0.05, 0.1) is 0 Å². The van der Waals surface area contributed by atoms with E-state index in [0.29, 0.717) is 6.61 Å². The lowest BCUT2D eigenvalue weighted by Crippen LogP contribution is -1.78. The number of hydrogen-bond donors (Lipinski definition) is 1. The van der Waals surface area contributed by atoms with Crippen LogP contribution in [0.25, 0.3) is 0 Å². The van der Waals surface area contributed by atoms with Gasteiger partial charge in [-0.25, -0.2) is 0 Å². The van der Waals surface area contributed by atoms with Gasteiger partial charge in [-0.15, -0.1) is 0 Å². The monoisotopic (exact) mass is 168 g/mol. The average Bonchev–Trinajstić information content (AvgIpc) is 2.02. The van der Waals surface area contributed by atoms with Gasteiger partial charge in [0.15, 0.2) is 0 Å². The van der Waals surface area contributed by atoms with Crippen LogP contribution in [0, 0.1) is 0 Å². The van der Waals surface area contributed by atoms with Crippen molar-refractivity contribution in [2.24, 2.45) is 0 Å². The van der Waals surface area contributed by atoms with Gasteiger partial charge in [-0.3, -0.25) is 0 Å². The average molecular weight is 168 g/mol. The van der Waals surface area contributed by atoms with Crippen LogP contribution in [0.15, 0.2) is 23.8 Å². The van der Waals surface area contributed by atoms with Crippen LogP contribution in [0.2, 0.25) is 0 Å². The molecule has 0 bridgehead atoms. The van der Waals surface area contributed by atoms with Gasteiger partial charge in [-0.2, -0.15) is 0 Å². The maximum Gasteiger partial charge on any atom is 0.0433 e. The van der Waals surface area contributed by atoms with E-state index in [9.17, 15) is 0 Å².